The van der Waals surface area contributed by atoms with Gasteiger partial charge < -0.3 is 15.7 Å². The summed E-state index contributed by atoms with van der Waals surface area (Å²) in [6, 6.07) is 0. The maximum atomic E-state index is 13.3. The van der Waals surface area contributed by atoms with E-state index in [-0.39, 0.29) is 24.7 Å². The summed E-state index contributed by atoms with van der Waals surface area (Å²) < 4.78 is 39.3. The number of alkyl halides is 2. The van der Waals surface area contributed by atoms with E-state index in [1.165, 1.54) is 4.90 Å². The van der Waals surface area contributed by atoms with Gasteiger partial charge in [0, 0.05) is 6.54 Å². The third-order valence-electron chi connectivity index (χ3n) is 2.60. The van der Waals surface area contributed by atoms with Crippen LogP contribution in [-0.4, -0.2) is 40.2 Å². The van der Waals surface area contributed by atoms with Gasteiger partial charge in [-0.15, -0.1) is 0 Å². The number of rotatable bonds is 1. The molecule has 0 aromatic carbocycles. The zero-order valence-corrected chi connectivity index (χ0v) is 8.78. The van der Waals surface area contributed by atoms with Crippen LogP contribution >= 0.6 is 0 Å². The van der Waals surface area contributed by atoms with Crippen LogP contribution in [-0.2, 0) is 0 Å². The maximum absolute atomic E-state index is 13.3. The fraction of sp³-hybridized carbons (Fsp3) is 0.556. The number of hydrogen-bond donors (Lipinski definition) is 2. The van der Waals surface area contributed by atoms with Crippen molar-refractivity contribution in [3.05, 3.63) is 12.0 Å². The average molecular weight is 248 g/mol. The van der Waals surface area contributed by atoms with Crippen molar-refractivity contribution in [2.24, 2.45) is 0 Å². The fourth-order valence-corrected chi connectivity index (χ4v) is 1.62. The molecule has 17 heavy (non-hydrogen) atoms. The van der Waals surface area contributed by atoms with Crippen molar-refractivity contribution in [1.29, 1.82) is 0 Å². The van der Waals surface area contributed by atoms with Gasteiger partial charge in [0.1, 0.15) is 6.10 Å². The van der Waals surface area contributed by atoms with Gasteiger partial charge in [-0.1, -0.05) is 0 Å². The molecule has 0 saturated carbocycles. The number of nitrogens with zero attached hydrogens (tertiary/aromatic N) is 3. The van der Waals surface area contributed by atoms with E-state index in [0.717, 1.165) is 6.20 Å². The number of anilines is 2. The largest absolute Gasteiger partial charge is 0.387 e. The molecule has 0 spiro atoms. The highest BCUT2D eigenvalue weighted by Gasteiger charge is 2.44. The van der Waals surface area contributed by atoms with Crippen LogP contribution in [0.5, 0.6) is 0 Å². The molecule has 1 aromatic heterocycles. The predicted molar refractivity (Wildman–Crippen MR) is 54.2 cm³/mol. The van der Waals surface area contributed by atoms with E-state index < -0.39 is 24.4 Å². The lowest BCUT2D eigenvalue weighted by Crippen LogP contribution is -2.52. The van der Waals surface area contributed by atoms with Crippen molar-refractivity contribution in [3.8, 4) is 0 Å². The van der Waals surface area contributed by atoms with Crippen molar-refractivity contribution in [2.75, 3.05) is 23.7 Å². The minimum Gasteiger partial charge on any atom is -0.387 e. The third kappa shape index (κ3) is 2.26. The van der Waals surface area contributed by atoms with E-state index in [9.17, 15) is 13.2 Å². The number of nitrogen functional groups attached to an aromatic ring is 1. The van der Waals surface area contributed by atoms with Crippen LogP contribution in [0.4, 0.5) is 24.9 Å². The van der Waals surface area contributed by atoms with Crippen molar-refractivity contribution < 1.29 is 18.3 Å². The standard InChI is InChI=1S/C9H11F3N4O/c10-5-3-14-8(15-7(5)13)16-2-1-6(17)9(11,12)4-16/h3,6,17H,1-2,4H2,(H2,13,14,15). The summed E-state index contributed by atoms with van der Waals surface area (Å²) in [5.74, 6) is -4.47. The Kier molecular flexibility index (Phi) is 2.82. The molecule has 1 aromatic rings. The number of nitrogens with two attached hydrogens (primary N) is 1. The molecular weight excluding hydrogens is 237 g/mol. The topological polar surface area (TPSA) is 75.3 Å². The van der Waals surface area contributed by atoms with Crippen LogP contribution in [0.2, 0.25) is 0 Å². The Labute approximate surface area is 95.1 Å². The molecular formula is C9H11F3N4O. The first-order valence-electron chi connectivity index (χ1n) is 4.99. The van der Waals surface area contributed by atoms with Crippen LogP contribution < -0.4 is 10.6 Å². The fourth-order valence-electron chi connectivity index (χ4n) is 1.62. The van der Waals surface area contributed by atoms with E-state index in [1.54, 1.807) is 0 Å². The molecule has 0 radical (unpaired) electrons. The molecule has 2 rings (SSSR count). The zero-order valence-electron chi connectivity index (χ0n) is 8.78. The summed E-state index contributed by atoms with van der Waals surface area (Å²) in [7, 11) is 0. The Hall–Kier alpha value is -1.57. The van der Waals surface area contributed by atoms with E-state index >= 15 is 0 Å². The van der Waals surface area contributed by atoms with Gasteiger partial charge in [-0.05, 0) is 6.42 Å². The number of aliphatic hydroxyl groups is 1. The lowest BCUT2D eigenvalue weighted by Gasteiger charge is -2.35. The Bertz CT molecular complexity index is 429. The van der Waals surface area contributed by atoms with Crippen molar-refractivity contribution in [2.45, 2.75) is 18.4 Å². The summed E-state index contributed by atoms with van der Waals surface area (Å²) in [4.78, 5) is 8.36. The van der Waals surface area contributed by atoms with Crippen LogP contribution in [0.1, 0.15) is 6.42 Å². The SMILES string of the molecule is Nc1nc(N2CCC(O)C(F)(F)C2)ncc1F. The monoisotopic (exact) mass is 248 g/mol. The summed E-state index contributed by atoms with van der Waals surface area (Å²) >= 11 is 0. The van der Waals surface area contributed by atoms with Crippen molar-refractivity contribution in [3.63, 3.8) is 0 Å². The molecule has 0 bridgehead atoms. The summed E-state index contributed by atoms with van der Waals surface area (Å²) in [5.41, 5.74) is 5.23. The van der Waals surface area contributed by atoms with E-state index in [1.807, 2.05) is 0 Å². The number of aromatic nitrogens is 2. The first-order valence-corrected chi connectivity index (χ1v) is 4.99. The van der Waals surface area contributed by atoms with Gasteiger partial charge in [-0.3, -0.25) is 0 Å². The van der Waals surface area contributed by atoms with Gasteiger partial charge in [0.05, 0.1) is 12.7 Å². The van der Waals surface area contributed by atoms with Crippen molar-refractivity contribution >= 4 is 11.8 Å². The number of piperidine rings is 1. The molecule has 0 amide bonds. The molecule has 1 aliphatic rings. The summed E-state index contributed by atoms with van der Waals surface area (Å²) in [6.07, 6.45) is -0.939. The second-order valence-corrected chi connectivity index (χ2v) is 3.89. The Morgan fingerprint density at radius 3 is 2.82 bits per heavy atom. The molecule has 1 unspecified atom stereocenters. The smallest absolute Gasteiger partial charge is 0.290 e. The van der Waals surface area contributed by atoms with Crippen LogP contribution in [0.3, 0.4) is 0 Å². The van der Waals surface area contributed by atoms with Gasteiger partial charge in [0.25, 0.3) is 5.92 Å². The number of hydrogen-bond acceptors (Lipinski definition) is 5. The molecule has 5 nitrogen and oxygen atoms in total. The third-order valence-corrected chi connectivity index (χ3v) is 2.60. The Morgan fingerprint density at radius 1 is 1.53 bits per heavy atom. The molecule has 0 aliphatic carbocycles. The Morgan fingerprint density at radius 2 is 2.24 bits per heavy atom. The second kappa shape index (κ2) is 4.02. The van der Waals surface area contributed by atoms with E-state index in [0.29, 0.717) is 0 Å². The van der Waals surface area contributed by atoms with Gasteiger partial charge in [-0.25, -0.2) is 18.2 Å². The highest BCUT2D eigenvalue weighted by Crippen LogP contribution is 2.29. The quantitative estimate of drug-likeness (QED) is 0.752. The van der Waals surface area contributed by atoms with E-state index in [2.05, 4.69) is 9.97 Å². The molecule has 1 atom stereocenters. The minimum atomic E-state index is -3.23. The Balaban J connectivity index is 2.21. The highest BCUT2D eigenvalue weighted by atomic mass is 19.3. The van der Waals surface area contributed by atoms with Crippen LogP contribution in [0.25, 0.3) is 0 Å². The highest BCUT2D eigenvalue weighted by molar-refractivity contribution is 5.39. The normalized spacial score (nSPS) is 23.8. The summed E-state index contributed by atoms with van der Waals surface area (Å²) in [6.45, 7) is -0.541. The second-order valence-electron chi connectivity index (χ2n) is 3.89. The molecule has 2 heterocycles. The first-order chi connectivity index (χ1) is 7.90. The number of halogens is 3. The molecule has 94 valence electrons. The number of aliphatic hydroxyl groups excluding tert-OH is 1. The van der Waals surface area contributed by atoms with Gasteiger partial charge in [0.15, 0.2) is 11.6 Å². The molecule has 1 aliphatic heterocycles. The predicted octanol–water partition coefficient (Wildman–Crippen LogP) is 0.404. The van der Waals surface area contributed by atoms with Crippen LogP contribution in [0.15, 0.2) is 6.20 Å². The van der Waals surface area contributed by atoms with Crippen molar-refractivity contribution in [1.82, 2.24) is 9.97 Å². The lowest BCUT2D eigenvalue weighted by atomic mass is 10.0. The van der Waals surface area contributed by atoms with Gasteiger partial charge in [-0.2, -0.15) is 4.98 Å². The molecule has 1 saturated heterocycles. The first kappa shape index (κ1) is 11.9. The van der Waals surface area contributed by atoms with Gasteiger partial charge in [0.2, 0.25) is 5.95 Å². The van der Waals surface area contributed by atoms with E-state index in [4.69, 9.17) is 10.8 Å². The van der Waals surface area contributed by atoms with Crippen LogP contribution in [0, 0.1) is 5.82 Å². The summed E-state index contributed by atoms with van der Waals surface area (Å²) in [5, 5.41) is 9.10. The molecule has 3 N–H and O–H groups in total. The molecule has 8 heteroatoms. The lowest BCUT2D eigenvalue weighted by molar-refractivity contribution is -0.113. The minimum absolute atomic E-state index is 0.0597. The maximum Gasteiger partial charge on any atom is 0.290 e. The molecule has 1 fully saturated rings. The van der Waals surface area contributed by atoms with Gasteiger partial charge >= 0.3 is 0 Å². The zero-order chi connectivity index (χ0) is 12.6. The average Bonchev–Trinajstić information content (AvgIpc) is 2.26.